The average molecular weight is 713 g/mol. The zero-order valence-electron chi connectivity index (χ0n) is 27.4. The summed E-state index contributed by atoms with van der Waals surface area (Å²) in [7, 11) is 0. The van der Waals surface area contributed by atoms with Gasteiger partial charge in [0, 0.05) is 61.4 Å². The van der Waals surface area contributed by atoms with Crippen LogP contribution in [0.15, 0.2) is 41.4 Å². The molecule has 4 fully saturated rings. The first-order valence-electron chi connectivity index (χ1n) is 16.7. The Morgan fingerprint density at radius 3 is 2.50 bits per heavy atom. The van der Waals surface area contributed by atoms with Crippen molar-refractivity contribution in [3.05, 3.63) is 58.5 Å². The number of aryl methyl sites for hydroxylation is 2. The number of carbonyl (C=O) groups is 3. The third kappa shape index (κ3) is 5.40. The fourth-order valence-corrected chi connectivity index (χ4v) is 8.83. The van der Waals surface area contributed by atoms with E-state index in [1.807, 2.05) is 26.0 Å². The second-order valence-electron chi connectivity index (χ2n) is 14.4. The monoisotopic (exact) mass is 711 g/mol. The maximum atomic E-state index is 14.3. The van der Waals surface area contributed by atoms with E-state index in [1.54, 1.807) is 34.2 Å². The Balaban J connectivity index is 1.07. The largest absolute Gasteiger partial charge is 0.325 e. The minimum Gasteiger partial charge on any atom is -0.325 e. The van der Waals surface area contributed by atoms with E-state index in [9.17, 15) is 14.4 Å². The number of ketones is 1. The number of carbonyl (C=O) groups excluding carboxylic acids is 3. The molecule has 248 valence electrons. The minimum absolute atomic E-state index is 0.0298. The van der Waals surface area contributed by atoms with Crippen molar-refractivity contribution in [1.29, 1.82) is 0 Å². The highest BCUT2D eigenvalue weighted by Crippen LogP contribution is 2.61. The summed E-state index contributed by atoms with van der Waals surface area (Å²) in [5, 5.41) is 8.22. The smallest absolute Gasteiger partial charge is 0.248 e. The zero-order chi connectivity index (χ0) is 33.4. The standard InChI is InChI=1S/C35H38BrN9O3/c1-20-6-7-29(36)40-32(20)41-33(48)26-11-35(19-43-17-34(18-43)8-4-5-9-34)12-28(35)45(26)30(47)16-44-27-15-39-25(23-13-37-22(3)38-14-23)10-24(27)31(42-44)21(2)46/h6-7,10,13-15,26,28H,4-5,8-9,11-12,16-19H2,1-3H3,(H,40,41,48)/t26-,28+,35-/m0/s1. The summed E-state index contributed by atoms with van der Waals surface area (Å²) >= 11 is 3.41. The van der Waals surface area contributed by atoms with Crippen LogP contribution in [0.1, 0.15) is 67.3 Å². The molecule has 0 aromatic carbocycles. The summed E-state index contributed by atoms with van der Waals surface area (Å²) < 4.78 is 2.17. The lowest BCUT2D eigenvalue weighted by Gasteiger charge is -2.49. The van der Waals surface area contributed by atoms with Crippen LogP contribution in [0.25, 0.3) is 22.2 Å². The second-order valence-corrected chi connectivity index (χ2v) is 15.2. The minimum atomic E-state index is -0.640. The molecule has 4 aromatic rings. The van der Waals surface area contributed by atoms with Gasteiger partial charge in [-0.2, -0.15) is 5.10 Å². The van der Waals surface area contributed by atoms with Gasteiger partial charge in [-0.25, -0.2) is 15.0 Å². The molecule has 8 rings (SSSR count). The summed E-state index contributed by atoms with van der Waals surface area (Å²) in [5.41, 5.74) is 3.37. The van der Waals surface area contributed by atoms with Gasteiger partial charge >= 0.3 is 0 Å². The lowest BCUT2D eigenvalue weighted by atomic mass is 9.77. The maximum absolute atomic E-state index is 14.3. The number of halogens is 1. The van der Waals surface area contributed by atoms with Gasteiger partial charge in [0.15, 0.2) is 5.78 Å². The normalized spacial score (nSPS) is 24.1. The predicted molar refractivity (Wildman–Crippen MR) is 182 cm³/mol. The lowest BCUT2D eigenvalue weighted by Crippen LogP contribution is -2.56. The van der Waals surface area contributed by atoms with Crippen LogP contribution in [-0.2, 0) is 16.1 Å². The van der Waals surface area contributed by atoms with Gasteiger partial charge in [0.05, 0.1) is 17.4 Å². The predicted octanol–water partition coefficient (Wildman–Crippen LogP) is 4.74. The van der Waals surface area contributed by atoms with E-state index >= 15 is 0 Å². The molecule has 0 bridgehead atoms. The summed E-state index contributed by atoms with van der Waals surface area (Å²) in [4.78, 5) is 63.0. The first-order valence-corrected chi connectivity index (χ1v) is 17.5. The molecule has 3 atom stereocenters. The van der Waals surface area contributed by atoms with E-state index in [-0.39, 0.29) is 41.3 Å². The van der Waals surface area contributed by atoms with Crippen LogP contribution in [0.3, 0.4) is 0 Å². The van der Waals surface area contributed by atoms with Gasteiger partial charge in [-0.05, 0) is 78.6 Å². The first-order chi connectivity index (χ1) is 23.0. The summed E-state index contributed by atoms with van der Waals surface area (Å²) in [6, 6.07) is 4.85. The maximum Gasteiger partial charge on any atom is 0.248 e. The fourth-order valence-electron chi connectivity index (χ4n) is 8.52. The number of hydrogen-bond donors (Lipinski definition) is 1. The van der Waals surface area contributed by atoms with Crippen molar-refractivity contribution in [3.8, 4) is 11.3 Å². The lowest BCUT2D eigenvalue weighted by molar-refractivity contribution is -0.138. The molecule has 0 unspecified atom stereocenters. The summed E-state index contributed by atoms with van der Waals surface area (Å²) in [6.45, 7) is 8.19. The van der Waals surface area contributed by atoms with Gasteiger partial charge in [-0.15, -0.1) is 0 Å². The number of Topliss-reactive ketones (excluding diaryl/α,β-unsaturated/α-hetero) is 1. The molecule has 6 heterocycles. The van der Waals surface area contributed by atoms with Crippen LogP contribution in [0.5, 0.6) is 0 Å². The van der Waals surface area contributed by atoms with Gasteiger partial charge < -0.3 is 15.1 Å². The molecule has 2 aliphatic carbocycles. The highest BCUT2D eigenvalue weighted by atomic mass is 79.9. The average Bonchev–Trinajstić information content (AvgIpc) is 3.36. The summed E-state index contributed by atoms with van der Waals surface area (Å²) in [5.74, 6) is 0.475. The molecule has 1 N–H and O–H groups in total. The number of amides is 2. The Hall–Kier alpha value is -4.10. The Labute approximate surface area is 286 Å². The van der Waals surface area contributed by atoms with Gasteiger partial charge in [-0.1, -0.05) is 18.9 Å². The van der Waals surface area contributed by atoms with Gasteiger partial charge in [0.1, 0.15) is 34.5 Å². The van der Waals surface area contributed by atoms with Crippen LogP contribution in [0.4, 0.5) is 5.82 Å². The van der Waals surface area contributed by atoms with E-state index in [1.165, 1.54) is 32.6 Å². The molecule has 2 amide bonds. The number of hydrogen-bond acceptors (Lipinski definition) is 9. The molecule has 48 heavy (non-hydrogen) atoms. The number of anilines is 1. The van der Waals surface area contributed by atoms with E-state index < -0.39 is 6.04 Å². The molecule has 2 saturated carbocycles. The molecule has 12 nitrogen and oxygen atoms in total. The zero-order valence-corrected chi connectivity index (χ0v) is 29.0. The van der Waals surface area contributed by atoms with E-state index in [2.05, 4.69) is 51.2 Å². The number of rotatable bonds is 8. The van der Waals surface area contributed by atoms with Crippen molar-refractivity contribution in [1.82, 2.24) is 39.5 Å². The van der Waals surface area contributed by atoms with E-state index in [0.29, 0.717) is 50.2 Å². The highest BCUT2D eigenvalue weighted by Gasteiger charge is 2.68. The molecule has 2 aliphatic heterocycles. The van der Waals surface area contributed by atoms with Crippen LogP contribution in [-0.4, -0.2) is 88.8 Å². The topological polar surface area (TPSA) is 139 Å². The van der Waals surface area contributed by atoms with E-state index in [0.717, 1.165) is 31.6 Å². The van der Waals surface area contributed by atoms with Crippen LogP contribution < -0.4 is 5.32 Å². The Morgan fingerprint density at radius 1 is 1.02 bits per heavy atom. The Bertz CT molecular complexity index is 1960. The molecular formula is C35H38BrN9O3. The molecule has 13 heteroatoms. The Morgan fingerprint density at radius 2 is 1.77 bits per heavy atom. The third-order valence-corrected chi connectivity index (χ3v) is 11.4. The number of fused-ring (bicyclic) bond motifs is 2. The van der Waals surface area contributed by atoms with Crippen molar-refractivity contribution < 1.29 is 14.4 Å². The van der Waals surface area contributed by atoms with Crippen molar-refractivity contribution >= 4 is 50.2 Å². The quantitative estimate of drug-likeness (QED) is 0.203. The van der Waals surface area contributed by atoms with Gasteiger partial charge in [0.25, 0.3) is 0 Å². The van der Waals surface area contributed by atoms with Crippen molar-refractivity contribution in [3.63, 3.8) is 0 Å². The number of aromatic nitrogens is 6. The molecular weight excluding hydrogens is 674 g/mol. The van der Waals surface area contributed by atoms with E-state index in [4.69, 9.17) is 0 Å². The van der Waals surface area contributed by atoms with Crippen LogP contribution in [0, 0.1) is 24.7 Å². The van der Waals surface area contributed by atoms with Crippen molar-refractivity contribution in [2.24, 2.45) is 10.8 Å². The van der Waals surface area contributed by atoms with Crippen LogP contribution in [0.2, 0.25) is 0 Å². The van der Waals surface area contributed by atoms with Crippen LogP contribution >= 0.6 is 15.9 Å². The molecule has 4 aromatic heterocycles. The third-order valence-electron chi connectivity index (χ3n) is 11.0. The van der Waals surface area contributed by atoms with Gasteiger partial charge in [0.2, 0.25) is 11.8 Å². The number of nitrogens with one attached hydrogen (secondary N) is 1. The van der Waals surface area contributed by atoms with Crippen molar-refractivity contribution in [2.45, 2.75) is 77.9 Å². The highest BCUT2D eigenvalue weighted by molar-refractivity contribution is 9.10. The molecule has 0 radical (unpaired) electrons. The molecule has 4 aliphatic rings. The SMILES string of the molecule is CC(=O)c1nn(CC(=O)N2[C@H](C(=O)Nc3nc(Br)ccc3C)C[C@@]3(CN4CC5(CCCC5)C4)C[C@@H]23)c2cnc(-c3cnc(C)nc3)cc12. The van der Waals surface area contributed by atoms with Gasteiger partial charge in [-0.3, -0.25) is 24.0 Å². The second kappa shape index (κ2) is 11.5. The van der Waals surface area contributed by atoms with Crippen molar-refractivity contribution in [2.75, 3.05) is 25.0 Å². The summed E-state index contributed by atoms with van der Waals surface area (Å²) in [6.07, 6.45) is 11.8. The molecule has 2 saturated heterocycles. The number of piperidine rings is 1. The number of likely N-dealkylation sites (tertiary alicyclic amines) is 2. The first kappa shape index (κ1) is 31.2. The fraction of sp³-hybridized carbons (Fsp3) is 0.486. The Kier molecular flexibility index (Phi) is 7.48. The number of nitrogens with zero attached hydrogens (tertiary/aromatic N) is 8. The number of pyridine rings is 2. The molecule has 1 spiro atoms.